The highest BCUT2D eigenvalue weighted by Gasteiger charge is 2.24. The highest BCUT2D eigenvalue weighted by atomic mass is 16.5. The Morgan fingerprint density at radius 1 is 0.933 bits per heavy atom. The van der Waals surface area contributed by atoms with Gasteiger partial charge in [-0.15, -0.1) is 0 Å². The van der Waals surface area contributed by atoms with Gasteiger partial charge in [-0.3, -0.25) is 0 Å². The summed E-state index contributed by atoms with van der Waals surface area (Å²) in [6.45, 7) is 4.91. The standard InChI is InChI=1S/C27H28N2O/c1-3-4-15-23(22-13-9-6-10-14-22)26-24-17-16-20(2)18-25(24)29-27(30-26)28-19-21-11-7-5-8-12-21/h5-14,16-18H,3-4,15,19H2,1-2H3,(H,28,29)/b26-23-. The third-order valence-electron chi connectivity index (χ3n) is 5.28. The number of anilines is 1. The van der Waals surface area contributed by atoms with Crippen LogP contribution in [0.1, 0.15) is 48.4 Å². The zero-order valence-electron chi connectivity index (χ0n) is 17.7. The van der Waals surface area contributed by atoms with Crippen molar-refractivity contribution < 1.29 is 4.74 Å². The van der Waals surface area contributed by atoms with E-state index in [0.717, 1.165) is 41.8 Å². The van der Waals surface area contributed by atoms with E-state index < -0.39 is 0 Å². The summed E-state index contributed by atoms with van der Waals surface area (Å²) in [5.41, 5.74) is 6.94. The van der Waals surface area contributed by atoms with Crippen molar-refractivity contribution in [3.05, 3.63) is 101 Å². The van der Waals surface area contributed by atoms with Crippen LogP contribution in [0.5, 0.6) is 0 Å². The maximum Gasteiger partial charge on any atom is 0.295 e. The molecule has 1 N–H and O–H groups in total. The summed E-state index contributed by atoms with van der Waals surface area (Å²) in [5.74, 6) is 0.912. The Bertz CT molecular complexity index is 1050. The second kappa shape index (κ2) is 9.45. The Labute approximate surface area is 179 Å². The van der Waals surface area contributed by atoms with Crippen molar-refractivity contribution in [1.82, 2.24) is 0 Å². The van der Waals surface area contributed by atoms with Crippen LogP contribution in [0, 0.1) is 6.92 Å². The van der Waals surface area contributed by atoms with E-state index in [0.29, 0.717) is 12.6 Å². The van der Waals surface area contributed by atoms with Crippen LogP contribution in [0.2, 0.25) is 0 Å². The van der Waals surface area contributed by atoms with E-state index in [1.54, 1.807) is 0 Å². The number of hydrogen-bond acceptors (Lipinski definition) is 2. The van der Waals surface area contributed by atoms with Crippen LogP contribution in [0.25, 0.3) is 11.3 Å². The molecule has 0 unspecified atom stereocenters. The van der Waals surface area contributed by atoms with Gasteiger partial charge in [0.15, 0.2) is 0 Å². The van der Waals surface area contributed by atoms with Gasteiger partial charge in [-0.05, 0) is 48.6 Å². The van der Waals surface area contributed by atoms with Crippen LogP contribution in [0.3, 0.4) is 0 Å². The van der Waals surface area contributed by atoms with E-state index in [-0.39, 0.29) is 0 Å². The van der Waals surface area contributed by atoms with Crippen LogP contribution < -0.4 is 5.32 Å². The predicted molar refractivity (Wildman–Crippen MR) is 126 cm³/mol. The molecule has 1 heterocycles. The van der Waals surface area contributed by atoms with E-state index >= 15 is 0 Å². The Kier molecular flexibility index (Phi) is 6.29. The number of rotatable bonds is 6. The van der Waals surface area contributed by atoms with Gasteiger partial charge in [0, 0.05) is 11.1 Å². The molecule has 3 aromatic rings. The molecule has 0 saturated carbocycles. The van der Waals surface area contributed by atoms with Crippen molar-refractivity contribution in [3.8, 4) is 0 Å². The van der Waals surface area contributed by atoms with E-state index in [1.165, 1.54) is 16.7 Å². The molecule has 3 heteroatoms. The number of unbranched alkanes of at least 4 members (excludes halogenated alkanes) is 1. The predicted octanol–water partition coefficient (Wildman–Crippen LogP) is 7.05. The molecule has 0 fully saturated rings. The zero-order valence-corrected chi connectivity index (χ0v) is 17.7. The van der Waals surface area contributed by atoms with Gasteiger partial charge < -0.3 is 10.1 Å². The van der Waals surface area contributed by atoms with Crippen LogP contribution in [0.4, 0.5) is 5.69 Å². The topological polar surface area (TPSA) is 33.6 Å². The quantitative estimate of drug-likeness (QED) is 0.484. The molecule has 0 amide bonds. The first-order chi connectivity index (χ1) is 14.7. The minimum atomic E-state index is 0.553. The normalized spacial score (nSPS) is 15.9. The number of allylic oxidation sites excluding steroid dienone is 1. The Balaban J connectivity index is 1.78. The molecule has 0 spiro atoms. The van der Waals surface area contributed by atoms with Crippen molar-refractivity contribution in [2.45, 2.75) is 39.7 Å². The van der Waals surface area contributed by atoms with Crippen molar-refractivity contribution in [2.24, 2.45) is 4.99 Å². The van der Waals surface area contributed by atoms with Gasteiger partial charge >= 0.3 is 0 Å². The van der Waals surface area contributed by atoms with Gasteiger partial charge in [0.1, 0.15) is 5.76 Å². The van der Waals surface area contributed by atoms with Crippen molar-refractivity contribution >= 4 is 23.0 Å². The number of aryl methyl sites for hydroxylation is 1. The third-order valence-corrected chi connectivity index (χ3v) is 5.28. The molecule has 4 rings (SSSR count). The number of hydrogen-bond donors (Lipinski definition) is 1. The monoisotopic (exact) mass is 396 g/mol. The fraction of sp³-hybridized carbons (Fsp3) is 0.222. The number of aliphatic imine (C=N–C) groups is 1. The molecule has 0 aliphatic carbocycles. The largest absolute Gasteiger partial charge is 0.425 e. The lowest BCUT2D eigenvalue weighted by molar-refractivity contribution is 0.495. The summed E-state index contributed by atoms with van der Waals surface area (Å²) >= 11 is 0. The molecule has 1 aliphatic heterocycles. The number of nitrogens with one attached hydrogen (secondary N) is 1. The number of nitrogens with zero attached hydrogens (tertiary/aromatic N) is 1. The first-order valence-corrected chi connectivity index (χ1v) is 10.7. The molecular formula is C27H28N2O. The smallest absolute Gasteiger partial charge is 0.295 e. The van der Waals surface area contributed by atoms with Gasteiger partial charge in [-0.2, -0.15) is 0 Å². The molecule has 0 radical (unpaired) electrons. The molecule has 30 heavy (non-hydrogen) atoms. The van der Waals surface area contributed by atoms with E-state index in [9.17, 15) is 0 Å². The van der Waals surface area contributed by atoms with Gasteiger partial charge in [0.2, 0.25) is 0 Å². The fourth-order valence-electron chi connectivity index (χ4n) is 3.68. The molecule has 152 valence electrons. The lowest BCUT2D eigenvalue weighted by atomic mass is 9.94. The Morgan fingerprint density at radius 2 is 1.67 bits per heavy atom. The average molecular weight is 397 g/mol. The molecule has 0 aromatic heterocycles. The Hall–Kier alpha value is -3.33. The first kappa shape index (κ1) is 20.0. The van der Waals surface area contributed by atoms with Crippen LogP contribution >= 0.6 is 0 Å². The summed E-state index contributed by atoms with van der Waals surface area (Å²) in [5, 5.41) is 3.39. The number of amidine groups is 1. The molecule has 3 aromatic carbocycles. The minimum absolute atomic E-state index is 0.553. The van der Waals surface area contributed by atoms with Crippen molar-refractivity contribution in [3.63, 3.8) is 0 Å². The van der Waals surface area contributed by atoms with Gasteiger partial charge in [-0.1, -0.05) is 80.1 Å². The van der Waals surface area contributed by atoms with E-state index in [1.807, 2.05) is 18.2 Å². The van der Waals surface area contributed by atoms with E-state index in [4.69, 9.17) is 9.73 Å². The fourth-order valence-corrected chi connectivity index (χ4v) is 3.68. The lowest BCUT2D eigenvalue weighted by Gasteiger charge is -2.26. The summed E-state index contributed by atoms with van der Waals surface area (Å²) in [6, 6.07) is 27.8. The van der Waals surface area contributed by atoms with Gasteiger partial charge in [-0.25, -0.2) is 4.99 Å². The van der Waals surface area contributed by atoms with Gasteiger partial charge in [0.05, 0.1) is 12.2 Å². The second-order valence-electron chi connectivity index (χ2n) is 7.66. The molecular weight excluding hydrogens is 368 g/mol. The highest BCUT2D eigenvalue weighted by molar-refractivity contribution is 6.05. The molecule has 3 nitrogen and oxygen atoms in total. The lowest BCUT2D eigenvalue weighted by Crippen LogP contribution is -2.23. The van der Waals surface area contributed by atoms with Gasteiger partial charge in [0.25, 0.3) is 6.02 Å². The zero-order chi connectivity index (χ0) is 20.8. The maximum atomic E-state index is 6.41. The van der Waals surface area contributed by atoms with Crippen molar-refractivity contribution in [2.75, 3.05) is 5.32 Å². The Morgan fingerprint density at radius 3 is 2.40 bits per heavy atom. The SMILES string of the molecule is CCCC/C(=C1/OC(=NCc2ccccc2)Nc2cc(C)ccc21)c1ccccc1. The molecule has 0 saturated heterocycles. The minimum Gasteiger partial charge on any atom is -0.425 e. The summed E-state index contributed by atoms with van der Waals surface area (Å²) in [4.78, 5) is 4.74. The number of fused-ring (bicyclic) bond motifs is 1. The molecule has 1 aliphatic rings. The summed E-state index contributed by atoms with van der Waals surface area (Å²) < 4.78 is 6.41. The highest BCUT2D eigenvalue weighted by Crippen LogP contribution is 2.38. The van der Waals surface area contributed by atoms with E-state index in [2.05, 4.69) is 79.8 Å². The number of ether oxygens (including phenoxy) is 1. The first-order valence-electron chi connectivity index (χ1n) is 10.7. The molecule has 0 atom stereocenters. The van der Waals surface area contributed by atoms with Crippen LogP contribution in [-0.2, 0) is 11.3 Å². The average Bonchev–Trinajstić information content (AvgIpc) is 2.79. The second-order valence-corrected chi connectivity index (χ2v) is 7.66. The third kappa shape index (κ3) is 4.62. The maximum absolute atomic E-state index is 6.41. The number of benzene rings is 3. The van der Waals surface area contributed by atoms with Crippen LogP contribution in [0.15, 0.2) is 83.9 Å². The van der Waals surface area contributed by atoms with Crippen LogP contribution in [-0.4, -0.2) is 6.02 Å². The van der Waals surface area contributed by atoms with Crippen molar-refractivity contribution in [1.29, 1.82) is 0 Å². The summed E-state index contributed by atoms with van der Waals surface area (Å²) in [7, 11) is 0. The molecule has 0 bridgehead atoms. The summed E-state index contributed by atoms with van der Waals surface area (Å²) in [6.07, 6.45) is 3.22.